The van der Waals surface area contributed by atoms with Crippen LogP contribution in [0.25, 0.3) is 0 Å². The molecule has 1 aromatic carbocycles. The Labute approximate surface area is 154 Å². The molecule has 1 saturated heterocycles. The summed E-state index contributed by atoms with van der Waals surface area (Å²) in [7, 11) is -2.88. The summed E-state index contributed by atoms with van der Waals surface area (Å²) in [5.74, 6) is 1.13. The van der Waals surface area contributed by atoms with Gasteiger partial charge in [-0.15, -0.1) is 4.67 Å². The highest BCUT2D eigenvalue weighted by molar-refractivity contribution is 7.62. The molecule has 1 aromatic rings. The largest absolute Gasteiger partial charge is 0.641 e. The van der Waals surface area contributed by atoms with Crippen molar-refractivity contribution in [2.45, 2.75) is 84.1 Å². The number of rotatable bonds is 4. The molecule has 0 bridgehead atoms. The molecule has 5 atom stereocenters. The zero-order valence-electron chi connectivity index (χ0n) is 16.4. The van der Waals surface area contributed by atoms with Gasteiger partial charge in [0.05, 0.1) is 12.1 Å². The van der Waals surface area contributed by atoms with Crippen molar-refractivity contribution in [1.82, 2.24) is 4.67 Å². The fourth-order valence-corrected chi connectivity index (χ4v) is 7.79. The Morgan fingerprint density at radius 1 is 1.28 bits per heavy atom. The van der Waals surface area contributed by atoms with Gasteiger partial charge in [0.15, 0.2) is 7.87 Å². The summed E-state index contributed by atoms with van der Waals surface area (Å²) < 4.78 is 8.74. The SMILES string of the molecule is CC[C@H](C)[P+]1([O-])O[C@@H]2C[C@H](C)CC[C@H]2C(C)(C)N1Cc1ccccc1. The average molecular weight is 363 g/mol. The van der Waals surface area contributed by atoms with Gasteiger partial charge in [0.2, 0.25) is 0 Å². The van der Waals surface area contributed by atoms with Crippen LogP contribution in [0.4, 0.5) is 0 Å². The lowest BCUT2D eigenvalue weighted by Crippen LogP contribution is -2.62. The van der Waals surface area contributed by atoms with Crippen LogP contribution in [0.3, 0.4) is 0 Å². The molecular weight excluding hydrogens is 329 g/mol. The second-order valence-electron chi connectivity index (χ2n) is 8.69. The maximum atomic E-state index is 14.2. The van der Waals surface area contributed by atoms with Crippen LogP contribution in [0.2, 0.25) is 0 Å². The Morgan fingerprint density at radius 2 is 1.96 bits per heavy atom. The number of benzene rings is 1. The van der Waals surface area contributed by atoms with Crippen LogP contribution in [0.1, 0.15) is 65.9 Å². The average Bonchev–Trinajstić information content (AvgIpc) is 2.58. The Balaban J connectivity index is 1.98. The molecular formula is C21H34NO2P. The first-order valence-electron chi connectivity index (χ1n) is 9.89. The molecule has 1 heterocycles. The predicted molar refractivity (Wildman–Crippen MR) is 104 cm³/mol. The van der Waals surface area contributed by atoms with Gasteiger partial charge < -0.3 is 4.89 Å². The summed E-state index contributed by atoms with van der Waals surface area (Å²) in [6.45, 7) is 11.8. The molecule has 140 valence electrons. The fraction of sp³-hybridized carbons (Fsp3) is 0.714. The van der Waals surface area contributed by atoms with Gasteiger partial charge in [-0.3, -0.25) is 0 Å². The Morgan fingerprint density at radius 3 is 2.60 bits per heavy atom. The van der Waals surface area contributed by atoms with Gasteiger partial charge in [0.25, 0.3) is 0 Å². The minimum Gasteiger partial charge on any atom is -0.641 e. The van der Waals surface area contributed by atoms with Crippen LogP contribution >= 0.6 is 7.87 Å². The first-order chi connectivity index (χ1) is 11.8. The van der Waals surface area contributed by atoms with Crippen molar-refractivity contribution in [2.75, 3.05) is 0 Å². The first-order valence-corrected chi connectivity index (χ1v) is 11.5. The van der Waals surface area contributed by atoms with E-state index in [9.17, 15) is 4.89 Å². The molecule has 1 unspecified atom stereocenters. The summed E-state index contributed by atoms with van der Waals surface area (Å²) in [5, 5.41) is 0. The summed E-state index contributed by atoms with van der Waals surface area (Å²) >= 11 is 0. The molecule has 0 aromatic heterocycles. The molecule has 3 nitrogen and oxygen atoms in total. The molecule has 3 rings (SSSR count). The van der Waals surface area contributed by atoms with Gasteiger partial charge in [-0.05, 0) is 51.5 Å². The second kappa shape index (κ2) is 7.27. The second-order valence-corrected chi connectivity index (χ2v) is 11.4. The van der Waals surface area contributed by atoms with Crippen LogP contribution in [0.15, 0.2) is 30.3 Å². The lowest BCUT2D eigenvalue weighted by atomic mass is 9.71. The molecule has 0 amide bonds. The number of fused-ring (bicyclic) bond motifs is 1. The molecule has 2 fully saturated rings. The van der Waals surface area contributed by atoms with E-state index in [1.165, 1.54) is 18.4 Å². The monoisotopic (exact) mass is 363 g/mol. The predicted octanol–water partition coefficient (Wildman–Crippen LogP) is 5.02. The summed E-state index contributed by atoms with van der Waals surface area (Å²) in [5.41, 5.74) is 1.16. The highest BCUT2D eigenvalue weighted by Crippen LogP contribution is 2.70. The minimum atomic E-state index is -2.88. The molecule has 4 heteroatoms. The summed E-state index contributed by atoms with van der Waals surface area (Å²) in [6, 6.07) is 10.4. The zero-order valence-corrected chi connectivity index (χ0v) is 17.3. The van der Waals surface area contributed by atoms with Crippen LogP contribution in [0.5, 0.6) is 0 Å². The van der Waals surface area contributed by atoms with Gasteiger partial charge in [0, 0.05) is 5.92 Å². The normalized spacial score (nSPS) is 36.6. The fourth-order valence-electron chi connectivity index (χ4n) is 4.69. The number of hydrogen-bond acceptors (Lipinski definition) is 3. The molecule has 2 aliphatic rings. The van der Waals surface area contributed by atoms with Crippen LogP contribution < -0.4 is 4.89 Å². The van der Waals surface area contributed by atoms with Gasteiger partial charge in [-0.1, -0.05) is 50.6 Å². The standard InChI is InChI=1S/C21H34NO2P/c1-6-17(3)25(23)22(15-18-10-8-7-9-11-18)21(4,5)19-13-12-16(2)14-20(19)24-25/h7-11,16-17,19-20H,6,12-15H2,1-5H3/t16-,17+,19-,20-,25?/m1/s1. The van der Waals surface area contributed by atoms with E-state index >= 15 is 0 Å². The van der Waals surface area contributed by atoms with E-state index in [0.29, 0.717) is 18.4 Å². The lowest BCUT2D eigenvalue weighted by molar-refractivity contribution is -0.239. The van der Waals surface area contributed by atoms with E-state index in [1.807, 2.05) is 6.07 Å². The maximum Gasteiger partial charge on any atom is 0.177 e. The van der Waals surface area contributed by atoms with Crippen molar-refractivity contribution in [1.29, 1.82) is 0 Å². The molecule has 25 heavy (non-hydrogen) atoms. The van der Waals surface area contributed by atoms with Crippen molar-refractivity contribution >= 4 is 7.87 Å². The minimum absolute atomic E-state index is 0.0636. The van der Waals surface area contributed by atoms with Crippen LogP contribution in [-0.2, 0) is 11.1 Å². The Bertz CT molecular complexity index is 579. The van der Waals surface area contributed by atoms with Gasteiger partial charge in [0.1, 0.15) is 11.8 Å². The van der Waals surface area contributed by atoms with Crippen molar-refractivity contribution < 1.29 is 9.42 Å². The number of nitrogens with zero attached hydrogens (tertiary/aromatic N) is 1. The van der Waals surface area contributed by atoms with Crippen molar-refractivity contribution in [3.63, 3.8) is 0 Å². The highest BCUT2D eigenvalue weighted by Gasteiger charge is 2.60. The first kappa shape index (κ1) is 19.3. The zero-order chi connectivity index (χ0) is 18.2. The highest BCUT2D eigenvalue weighted by atomic mass is 31.2. The van der Waals surface area contributed by atoms with E-state index in [-0.39, 0.29) is 17.3 Å². The maximum absolute atomic E-state index is 14.2. The molecule has 0 N–H and O–H groups in total. The van der Waals surface area contributed by atoms with Crippen molar-refractivity contribution in [2.24, 2.45) is 11.8 Å². The quantitative estimate of drug-likeness (QED) is 0.704. The molecule has 0 spiro atoms. The van der Waals surface area contributed by atoms with Crippen molar-refractivity contribution in [3.05, 3.63) is 35.9 Å². The Hall–Kier alpha value is -0.470. The Kier molecular flexibility index (Phi) is 5.61. The smallest absolute Gasteiger partial charge is 0.177 e. The van der Waals surface area contributed by atoms with Crippen LogP contribution in [-0.4, -0.2) is 22.0 Å². The topological polar surface area (TPSA) is 35.5 Å². The van der Waals surface area contributed by atoms with Gasteiger partial charge in [-0.25, -0.2) is 4.52 Å². The van der Waals surface area contributed by atoms with Gasteiger partial charge in [-0.2, -0.15) is 0 Å². The summed E-state index contributed by atoms with van der Waals surface area (Å²) in [4.78, 5) is 14.2. The van der Waals surface area contributed by atoms with E-state index < -0.39 is 7.87 Å². The molecule has 1 aliphatic carbocycles. The molecule has 1 saturated carbocycles. The van der Waals surface area contributed by atoms with Gasteiger partial charge >= 0.3 is 0 Å². The summed E-state index contributed by atoms with van der Waals surface area (Å²) in [6.07, 6.45) is 4.50. The molecule has 0 radical (unpaired) electrons. The van der Waals surface area contributed by atoms with Crippen LogP contribution in [0, 0.1) is 11.8 Å². The third-order valence-corrected chi connectivity index (χ3v) is 9.95. The number of hydrogen-bond donors (Lipinski definition) is 0. The van der Waals surface area contributed by atoms with E-state index in [1.54, 1.807) is 0 Å². The van der Waals surface area contributed by atoms with E-state index in [4.69, 9.17) is 4.52 Å². The molecule has 1 aliphatic heterocycles. The van der Waals surface area contributed by atoms with E-state index in [0.717, 1.165) is 12.8 Å². The van der Waals surface area contributed by atoms with Crippen molar-refractivity contribution in [3.8, 4) is 0 Å². The van der Waals surface area contributed by atoms with E-state index in [2.05, 4.69) is 63.6 Å². The third-order valence-electron chi connectivity index (χ3n) is 6.57. The lowest BCUT2D eigenvalue weighted by Gasteiger charge is -2.59. The third kappa shape index (κ3) is 3.54.